The summed E-state index contributed by atoms with van der Waals surface area (Å²) in [4.78, 5) is 33.6. The van der Waals surface area contributed by atoms with Crippen LogP contribution in [0.5, 0.6) is 0 Å². The summed E-state index contributed by atoms with van der Waals surface area (Å²) >= 11 is 0. The van der Waals surface area contributed by atoms with Gasteiger partial charge in [-0.2, -0.15) is 0 Å². The number of anilines is 1. The van der Waals surface area contributed by atoms with Crippen molar-refractivity contribution in [3.05, 3.63) is 89.5 Å². The molecular formula is C25H19N7O. The minimum absolute atomic E-state index is 0.0778. The molecule has 1 amide bonds. The van der Waals surface area contributed by atoms with Crippen LogP contribution in [0, 0.1) is 6.92 Å². The number of amides is 1. The summed E-state index contributed by atoms with van der Waals surface area (Å²) in [5.41, 5.74) is 13.5. The van der Waals surface area contributed by atoms with Gasteiger partial charge in [0.1, 0.15) is 11.5 Å². The second kappa shape index (κ2) is 7.23. The molecule has 1 aliphatic rings. The third-order valence-corrected chi connectivity index (χ3v) is 5.87. The van der Waals surface area contributed by atoms with Gasteiger partial charge in [0.15, 0.2) is 0 Å². The third kappa shape index (κ3) is 3.11. The van der Waals surface area contributed by atoms with Crippen molar-refractivity contribution in [3.8, 4) is 22.5 Å². The molecule has 2 aromatic carbocycles. The molecule has 8 heteroatoms. The highest BCUT2D eigenvalue weighted by molar-refractivity contribution is 5.96. The van der Waals surface area contributed by atoms with E-state index in [0.29, 0.717) is 5.69 Å². The first-order valence-corrected chi connectivity index (χ1v) is 10.5. The Morgan fingerprint density at radius 3 is 2.67 bits per heavy atom. The molecule has 1 atom stereocenters. The van der Waals surface area contributed by atoms with Crippen LogP contribution in [0.3, 0.4) is 0 Å². The van der Waals surface area contributed by atoms with Crippen LogP contribution in [0.1, 0.15) is 33.4 Å². The number of rotatable bonds is 3. The second-order valence-electron chi connectivity index (χ2n) is 7.99. The van der Waals surface area contributed by atoms with Gasteiger partial charge in [-0.25, -0.2) is 15.0 Å². The van der Waals surface area contributed by atoms with Crippen molar-refractivity contribution in [1.82, 2.24) is 30.2 Å². The maximum Gasteiger partial charge on any atom is 0.270 e. The van der Waals surface area contributed by atoms with Crippen molar-refractivity contribution in [3.63, 3.8) is 0 Å². The van der Waals surface area contributed by atoms with E-state index in [1.807, 2.05) is 42.5 Å². The van der Waals surface area contributed by atoms with Crippen LogP contribution < -0.4 is 11.1 Å². The summed E-state index contributed by atoms with van der Waals surface area (Å²) < 4.78 is 0. The smallest absolute Gasteiger partial charge is 0.270 e. The van der Waals surface area contributed by atoms with Crippen molar-refractivity contribution < 1.29 is 4.79 Å². The van der Waals surface area contributed by atoms with Crippen molar-refractivity contribution >= 4 is 22.9 Å². The largest absolute Gasteiger partial charge is 0.368 e. The van der Waals surface area contributed by atoms with Crippen molar-refractivity contribution in [2.45, 2.75) is 13.0 Å². The Kier molecular flexibility index (Phi) is 4.19. The van der Waals surface area contributed by atoms with Gasteiger partial charge < -0.3 is 16.0 Å². The average molecular weight is 433 g/mol. The molecule has 0 bridgehead atoms. The lowest BCUT2D eigenvalue weighted by Gasteiger charge is -2.16. The SMILES string of the molecule is Cc1cc(C(=O)NC2c3ccccc3-c3c(-c4nc5ccncc5[nH]4)cccc32)nc(N)n1. The molecule has 0 saturated carbocycles. The maximum absolute atomic E-state index is 13.1. The number of hydrogen-bond acceptors (Lipinski definition) is 6. The Morgan fingerprint density at radius 1 is 1.00 bits per heavy atom. The Hall–Kier alpha value is -4.59. The predicted molar refractivity (Wildman–Crippen MR) is 125 cm³/mol. The molecule has 0 radical (unpaired) electrons. The summed E-state index contributed by atoms with van der Waals surface area (Å²) in [6.07, 6.45) is 3.49. The van der Waals surface area contributed by atoms with E-state index in [1.54, 1.807) is 25.4 Å². The molecule has 8 nitrogen and oxygen atoms in total. The van der Waals surface area contributed by atoms with E-state index < -0.39 is 0 Å². The van der Waals surface area contributed by atoms with Gasteiger partial charge in [-0.15, -0.1) is 0 Å². The highest BCUT2D eigenvalue weighted by Crippen LogP contribution is 2.47. The molecule has 33 heavy (non-hydrogen) atoms. The lowest BCUT2D eigenvalue weighted by Crippen LogP contribution is -2.29. The number of hydrogen-bond donors (Lipinski definition) is 3. The summed E-state index contributed by atoms with van der Waals surface area (Å²) in [5, 5.41) is 3.14. The molecule has 0 spiro atoms. The quantitative estimate of drug-likeness (QED) is 0.398. The molecule has 0 aliphatic heterocycles. The topological polar surface area (TPSA) is 122 Å². The molecule has 6 rings (SSSR count). The number of carbonyl (C=O) groups excluding carboxylic acids is 1. The molecule has 4 N–H and O–H groups in total. The van der Waals surface area contributed by atoms with Gasteiger partial charge >= 0.3 is 0 Å². The molecule has 1 aliphatic carbocycles. The summed E-state index contributed by atoms with van der Waals surface area (Å²) in [7, 11) is 0. The van der Waals surface area contributed by atoms with E-state index >= 15 is 0 Å². The minimum atomic E-state index is -0.328. The number of nitrogens with two attached hydrogens (primary N) is 1. The van der Waals surface area contributed by atoms with E-state index in [0.717, 1.165) is 44.7 Å². The molecule has 0 fully saturated rings. The van der Waals surface area contributed by atoms with Gasteiger partial charge in [0.25, 0.3) is 5.91 Å². The van der Waals surface area contributed by atoms with Crippen LogP contribution in [0.25, 0.3) is 33.5 Å². The first-order valence-electron chi connectivity index (χ1n) is 10.5. The number of pyridine rings is 1. The summed E-state index contributed by atoms with van der Waals surface area (Å²) in [6.45, 7) is 1.78. The van der Waals surface area contributed by atoms with Crippen molar-refractivity contribution in [1.29, 1.82) is 0 Å². The van der Waals surface area contributed by atoms with Gasteiger partial charge in [0.05, 0.1) is 23.3 Å². The Balaban J connectivity index is 1.47. The standard InChI is InChI=1S/C25H19N7O/c1-13-11-19(31-25(26)28-13)24(33)32-22-15-6-3-2-5-14(15)21-16(22)7-4-8-17(21)23-29-18-9-10-27-12-20(18)30-23/h2-12,22H,1H3,(H,29,30)(H,32,33)(H2,26,28,31). The zero-order valence-corrected chi connectivity index (χ0v) is 17.7. The fourth-order valence-electron chi connectivity index (χ4n) is 4.51. The Labute approximate surface area is 189 Å². The van der Waals surface area contributed by atoms with E-state index in [9.17, 15) is 4.79 Å². The number of carbonyl (C=O) groups is 1. The van der Waals surface area contributed by atoms with Gasteiger partial charge in [-0.1, -0.05) is 42.5 Å². The van der Waals surface area contributed by atoms with Crippen molar-refractivity contribution in [2.24, 2.45) is 0 Å². The first-order chi connectivity index (χ1) is 16.1. The monoisotopic (exact) mass is 433 g/mol. The average Bonchev–Trinajstić information content (AvgIpc) is 3.38. The first kappa shape index (κ1) is 19.1. The number of nitrogens with one attached hydrogen (secondary N) is 2. The Bertz CT molecular complexity index is 1500. The molecule has 1 unspecified atom stereocenters. The fraction of sp³-hybridized carbons (Fsp3) is 0.0800. The Morgan fingerprint density at radius 2 is 1.82 bits per heavy atom. The maximum atomic E-state index is 13.1. The number of nitrogen functional groups attached to an aromatic ring is 1. The van der Waals surface area contributed by atoms with Crippen LogP contribution in [0.4, 0.5) is 5.95 Å². The number of benzene rings is 2. The number of fused-ring (bicyclic) bond motifs is 4. The minimum Gasteiger partial charge on any atom is -0.368 e. The highest BCUT2D eigenvalue weighted by atomic mass is 16.1. The number of aromatic amines is 1. The van der Waals surface area contributed by atoms with Gasteiger partial charge in [-0.3, -0.25) is 9.78 Å². The van der Waals surface area contributed by atoms with Crippen LogP contribution in [-0.4, -0.2) is 30.8 Å². The number of aryl methyl sites for hydroxylation is 1. The van der Waals surface area contributed by atoms with Crippen LogP contribution >= 0.6 is 0 Å². The van der Waals surface area contributed by atoms with Gasteiger partial charge in [0, 0.05) is 17.5 Å². The summed E-state index contributed by atoms with van der Waals surface area (Å²) in [6, 6.07) is 17.3. The highest BCUT2D eigenvalue weighted by Gasteiger charge is 2.32. The van der Waals surface area contributed by atoms with Crippen LogP contribution in [0.15, 0.2) is 67.0 Å². The summed E-state index contributed by atoms with van der Waals surface area (Å²) in [5.74, 6) is 0.532. The van der Waals surface area contributed by atoms with Gasteiger partial charge in [0.2, 0.25) is 5.95 Å². The molecule has 0 saturated heterocycles. The third-order valence-electron chi connectivity index (χ3n) is 5.87. The van der Waals surface area contributed by atoms with E-state index in [-0.39, 0.29) is 23.6 Å². The number of aromatic nitrogens is 5. The molecular weight excluding hydrogens is 414 g/mol. The number of nitrogens with zero attached hydrogens (tertiary/aromatic N) is 4. The molecule has 3 heterocycles. The van der Waals surface area contributed by atoms with E-state index in [1.165, 1.54) is 0 Å². The fourth-order valence-corrected chi connectivity index (χ4v) is 4.51. The normalized spacial score (nSPS) is 14.2. The zero-order valence-electron chi connectivity index (χ0n) is 17.7. The number of H-pyrrole nitrogens is 1. The van der Waals surface area contributed by atoms with Crippen LogP contribution in [-0.2, 0) is 0 Å². The van der Waals surface area contributed by atoms with Crippen LogP contribution in [0.2, 0.25) is 0 Å². The zero-order chi connectivity index (χ0) is 22.5. The predicted octanol–water partition coefficient (Wildman–Crippen LogP) is 3.81. The number of imidazole rings is 1. The van der Waals surface area contributed by atoms with Gasteiger partial charge in [-0.05, 0) is 41.3 Å². The lowest BCUT2D eigenvalue weighted by atomic mass is 9.99. The van der Waals surface area contributed by atoms with E-state index in [4.69, 9.17) is 10.7 Å². The molecule has 160 valence electrons. The molecule has 3 aromatic heterocycles. The molecule has 5 aromatic rings. The van der Waals surface area contributed by atoms with E-state index in [2.05, 4.69) is 31.3 Å². The van der Waals surface area contributed by atoms with Crippen molar-refractivity contribution in [2.75, 3.05) is 5.73 Å². The lowest BCUT2D eigenvalue weighted by molar-refractivity contribution is 0.0938. The second-order valence-corrected chi connectivity index (χ2v) is 7.99.